The summed E-state index contributed by atoms with van der Waals surface area (Å²) in [5.41, 5.74) is 1.92. The van der Waals surface area contributed by atoms with Crippen molar-refractivity contribution in [1.29, 1.82) is 0 Å². The van der Waals surface area contributed by atoms with Crippen LogP contribution in [-0.2, 0) is 6.54 Å². The van der Waals surface area contributed by atoms with E-state index in [2.05, 4.69) is 11.0 Å². The first kappa shape index (κ1) is 17.7. The predicted molar refractivity (Wildman–Crippen MR) is 93.3 cm³/mol. The second-order valence-electron chi connectivity index (χ2n) is 6.60. The molecule has 0 aliphatic carbocycles. The number of piperidine rings is 1. The maximum atomic E-state index is 12.2. The lowest BCUT2D eigenvalue weighted by atomic mass is 9.94. The number of ketones is 1. The van der Waals surface area contributed by atoms with Crippen molar-refractivity contribution in [2.24, 2.45) is 5.92 Å². The van der Waals surface area contributed by atoms with Crippen LogP contribution in [0.15, 0.2) is 36.5 Å². The zero-order valence-corrected chi connectivity index (χ0v) is 14.2. The Labute approximate surface area is 139 Å². The molecule has 1 heterocycles. The predicted octanol–water partition coefficient (Wildman–Crippen LogP) is 2.54. The van der Waals surface area contributed by atoms with E-state index in [0.29, 0.717) is 5.92 Å². The molecule has 4 heteroatoms. The molecule has 1 aromatic carbocycles. The third kappa shape index (κ3) is 5.81. The molecule has 126 valence electrons. The molecular formula is C19H28N2O2. The van der Waals surface area contributed by atoms with E-state index in [0.717, 1.165) is 31.6 Å². The lowest BCUT2D eigenvalue weighted by Crippen LogP contribution is -2.35. The maximum Gasteiger partial charge on any atom is 0.187 e. The number of rotatable bonds is 7. The second-order valence-corrected chi connectivity index (χ2v) is 6.60. The number of aliphatic hydroxyl groups is 1. The Morgan fingerprint density at radius 3 is 3.00 bits per heavy atom. The number of nitrogens with zero attached hydrogens (tertiary/aromatic N) is 2. The van der Waals surface area contributed by atoms with E-state index >= 15 is 0 Å². The maximum absolute atomic E-state index is 12.2. The molecule has 0 saturated carbocycles. The molecule has 0 amide bonds. The minimum absolute atomic E-state index is 0.0392. The van der Waals surface area contributed by atoms with Crippen molar-refractivity contribution >= 4 is 5.78 Å². The van der Waals surface area contributed by atoms with E-state index < -0.39 is 0 Å². The summed E-state index contributed by atoms with van der Waals surface area (Å²) in [5.74, 6) is 0.638. The molecule has 1 atom stereocenters. The van der Waals surface area contributed by atoms with Gasteiger partial charge in [-0.25, -0.2) is 0 Å². The Bertz CT molecular complexity index is 538. The number of likely N-dealkylation sites (tertiary alicyclic amines) is 1. The van der Waals surface area contributed by atoms with Gasteiger partial charge in [0.2, 0.25) is 0 Å². The van der Waals surface area contributed by atoms with Crippen molar-refractivity contribution in [2.75, 3.05) is 33.8 Å². The Balaban J connectivity index is 1.98. The fourth-order valence-electron chi connectivity index (χ4n) is 3.11. The second kappa shape index (κ2) is 8.85. The first-order valence-electron chi connectivity index (χ1n) is 8.39. The summed E-state index contributed by atoms with van der Waals surface area (Å²) in [6.07, 6.45) is 6.68. The fourth-order valence-corrected chi connectivity index (χ4v) is 3.11. The van der Waals surface area contributed by atoms with Crippen LogP contribution in [0.5, 0.6) is 0 Å². The van der Waals surface area contributed by atoms with Gasteiger partial charge in [0.05, 0.1) is 0 Å². The smallest absolute Gasteiger partial charge is 0.187 e. The molecule has 23 heavy (non-hydrogen) atoms. The first-order chi connectivity index (χ1) is 11.1. The highest BCUT2D eigenvalue weighted by Crippen LogP contribution is 2.21. The zero-order chi connectivity index (χ0) is 16.7. The van der Waals surface area contributed by atoms with E-state index in [9.17, 15) is 4.79 Å². The Kier molecular flexibility index (Phi) is 6.81. The summed E-state index contributed by atoms with van der Waals surface area (Å²) in [5, 5.41) is 9.12. The van der Waals surface area contributed by atoms with Gasteiger partial charge >= 0.3 is 0 Å². The van der Waals surface area contributed by atoms with Gasteiger partial charge in [-0.15, -0.1) is 0 Å². The van der Waals surface area contributed by atoms with Crippen molar-refractivity contribution < 1.29 is 9.90 Å². The number of hydrogen-bond acceptors (Lipinski definition) is 4. The first-order valence-corrected chi connectivity index (χ1v) is 8.39. The lowest BCUT2D eigenvalue weighted by molar-refractivity contribution is 0.104. The van der Waals surface area contributed by atoms with E-state index in [1.807, 2.05) is 37.2 Å². The van der Waals surface area contributed by atoms with Gasteiger partial charge in [-0.3, -0.25) is 9.69 Å². The molecule has 1 saturated heterocycles. The molecule has 0 radical (unpaired) electrons. The molecular weight excluding hydrogens is 288 g/mol. The van der Waals surface area contributed by atoms with Crippen LogP contribution in [0.25, 0.3) is 0 Å². The van der Waals surface area contributed by atoms with Crippen LogP contribution in [0, 0.1) is 5.92 Å². The van der Waals surface area contributed by atoms with Crippen molar-refractivity contribution in [3.8, 4) is 0 Å². The Morgan fingerprint density at radius 2 is 2.26 bits per heavy atom. The summed E-state index contributed by atoms with van der Waals surface area (Å²) in [6, 6.07) is 7.91. The number of carbonyl (C=O) groups is 1. The summed E-state index contributed by atoms with van der Waals surface area (Å²) < 4.78 is 0. The molecule has 1 aromatic rings. The number of hydrogen-bond donors (Lipinski definition) is 1. The molecule has 1 aliphatic rings. The van der Waals surface area contributed by atoms with E-state index in [4.69, 9.17) is 5.11 Å². The van der Waals surface area contributed by atoms with Crippen LogP contribution < -0.4 is 0 Å². The molecule has 2 rings (SSSR count). The molecule has 4 nitrogen and oxygen atoms in total. The summed E-state index contributed by atoms with van der Waals surface area (Å²) in [4.78, 5) is 16.5. The van der Waals surface area contributed by atoms with Crippen molar-refractivity contribution in [3.63, 3.8) is 0 Å². The topological polar surface area (TPSA) is 43.8 Å². The molecule has 1 fully saturated rings. The lowest BCUT2D eigenvalue weighted by Gasteiger charge is -2.32. The average molecular weight is 316 g/mol. The molecule has 0 bridgehead atoms. The Morgan fingerprint density at radius 1 is 1.43 bits per heavy atom. The molecule has 1 aliphatic heterocycles. The van der Waals surface area contributed by atoms with Gasteiger partial charge in [0, 0.05) is 51.6 Å². The zero-order valence-electron chi connectivity index (χ0n) is 14.2. The quantitative estimate of drug-likeness (QED) is 0.620. The van der Waals surface area contributed by atoms with Gasteiger partial charge in [0.25, 0.3) is 0 Å². The SMILES string of the molecule is CN(C)C=CC(=O)c1cccc(CN2CCCC(CCO)C2)c1. The molecule has 1 unspecified atom stereocenters. The standard InChI is InChI=1S/C19H28N2O2/c1-20(2)11-8-19(23)18-7-3-5-17(13-18)15-21-10-4-6-16(14-21)9-12-22/h3,5,7-8,11,13,16,22H,4,6,9-10,12,14-15H2,1-2H3. The number of benzene rings is 1. The third-order valence-corrected chi connectivity index (χ3v) is 4.28. The van der Waals surface area contributed by atoms with Crippen molar-refractivity contribution in [1.82, 2.24) is 9.80 Å². The van der Waals surface area contributed by atoms with Gasteiger partial charge in [-0.2, -0.15) is 0 Å². The van der Waals surface area contributed by atoms with Crippen LogP contribution in [0.3, 0.4) is 0 Å². The van der Waals surface area contributed by atoms with Crippen molar-refractivity contribution in [2.45, 2.75) is 25.8 Å². The van der Waals surface area contributed by atoms with E-state index in [-0.39, 0.29) is 12.4 Å². The number of allylic oxidation sites excluding steroid dienone is 1. The van der Waals surface area contributed by atoms with Crippen LogP contribution in [-0.4, -0.2) is 54.5 Å². The van der Waals surface area contributed by atoms with Crippen LogP contribution in [0.1, 0.15) is 35.2 Å². The van der Waals surface area contributed by atoms with Crippen molar-refractivity contribution in [3.05, 3.63) is 47.7 Å². The largest absolute Gasteiger partial charge is 0.396 e. The van der Waals surface area contributed by atoms with Gasteiger partial charge in [0.1, 0.15) is 0 Å². The Hall–Kier alpha value is -1.65. The van der Waals surface area contributed by atoms with Crippen LogP contribution in [0.4, 0.5) is 0 Å². The van der Waals surface area contributed by atoms with E-state index in [1.165, 1.54) is 18.4 Å². The average Bonchev–Trinajstić information content (AvgIpc) is 2.53. The summed E-state index contributed by atoms with van der Waals surface area (Å²) >= 11 is 0. The van der Waals surface area contributed by atoms with Gasteiger partial charge in [-0.1, -0.05) is 18.2 Å². The number of aliphatic hydroxyl groups excluding tert-OH is 1. The van der Waals surface area contributed by atoms with Crippen LogP contribution >= 0.6 is 0 Å². The monoisotopic (exact) mass is 316 g/mol. The summed E-state index contributed by atoms with van der Waals surface area (Å²) in [6.45, 7) is 3.29. The van der Waals surface area contributed by atoms with E-state index in [1.54, 1.807) is 12.3 Å². The van der Waals surface area contributed by atoms with Gasteiger partial charge in [-0.05, 0) is 43.4 Å². The third-order valence-electron chi connectivity index (χ3n) is 4.28. The fraction of sp³-hybridized carbons (Fsp3) is 0.526. The molecule has 0 spiro atoms. The molecule has 1 N–H and O–H groups in total. The highest BCUT2D eigenvalue weighted by Gasteiger charge is 2.19. The highest BCUT2D eigenvalue weighted by atomic mass is 16.3. The summed E-state index contributed by atoms with van der Waals surface area (Å²) in [7, 11) is 3.80. The van der Waals surface area contributed by atoms with Gasteiger partial charge in [0.15, 0.2) is 5.78 Å². The molecule has 0 aromatic heterocycles. The number of carbonyl (C=O) groups excluding carboxylic acids is 1. The normalized spacial score (nSPS) is 19.2. The van der Waals surface area contributed by atoms with Gasteiger partial charge < -0.3 is 10.0 Å². The highest BCUT2D eigenvalue weighted by molar-refractivity contribution is 6.04. The minimum atomic E-state index is 0.0392. The van der Waals surface area contributed by atoms with Crippen LogP contribution in [0.2, 0.25) is 0 Å². The minimum Gasteiger partial charge on any atom is -0.396 e.